The number of aromatic nitrogens is 8. The first kappa shape index (κ1) is 81.6. The number of hydrogen-bond donors (Lipinski definition) is 0. The molecule has 0 bridgehead atoms. The SMILES string of the molecule is Cc1ccc2c(oc3nc(C(C)(C)C)ccc32)c1-c1ccc(C2CCCC2)c[n+]1C.Cc1ccc2c(oc3nc(C(C)C)ccc32)c1-c1ccc(C2CCCC2)c[n+]1C.Cc1ccc2c(oc3nc(CC(C)(C)C)ccc32)c1-c1ccc(C2CCCC2)c[n+]1C.Cc1ccc2c(oc3nc(CC(C)C)ccc32)c1-c1ccc(C2CCCC2)c[n+]1C. The molecule has 16 aromatic rings. The largest absolute Gasteiger partial charge is 0.437 e. The minimum Gasteiger partial charge on any atom is -0.437 e. The van der Waals surface area contributed by atoms with Gasteiger partial charge in [0.25, 0.3) is 0 Å². The van der Waals surface area contributed by atoms with Crippen LogP contribution < -0.4 is 18.3 Å². The molecule has 120 heavy (non-hydrogen) atoms. The zero-order valence-corrected chi connectivity index (χ0v) is 74.6. The number of hydrogen-bond acceptors (Lipinski definition) is 8. The van der Waals surface area contributed by atoms with Crippen LogP contribution in [-0.4, -0.2) is 19.9 Å². The Morgan fingerprint density at radius 2 is 0.608 bits per heavy atom. The van der Waals surface area contributed by atoms with Gasteiger partial charge in [0.1, 0.15) is 28.2 Å². The molecule has 0 amide bonds. The van der Waals surface area contributed by atoms with Gasteiger partial charge in [0.2, 0.25) is 45.6 Å². The van der Waals surface area contributed by atoms with Crippen molar-refractivity contribution in [3.05, 3.63) is 238 Å². The molecule has 4 saturated carbocycles. The average Bonchev–Trinajstić information content (AvgIpc) is 1.61. The third kappa shape index (κ3) is 16.3. The van der Waals surface area contributed by atoms with Gasteiger partial charge in [-0.3, -0.25) is 0 Å². The van der Waals surface area contributed by atoms with Gasteiger partial charge in [0.15, 0.2) is 47.1 Å². The van der Waals surface area contributed by atoms with Gasteiger partial charge in [0.05, 0.1) is 22.3 Å². The van der Waals surface area contributed by atoms with E-state index in [0.29, 0.717) is 23.7 Å². The molecule has 4 aromatic carbocycles. The summed E-state index contributed by atoms with van der Waals surface area (Å²) in [7, 11) is 8.64. The molecule has 12 aromatic heterocycles. The Kier molecular flexibility index (Phi) is 22.7. The molecule has 0 aliphatic heterocycles. The van der Waals surface area contributed by atoms with Gasteiger partial charge >= 0.3 is 0 Å². The highest BCUT2D eigenvalue weighted by atomic mass is 16.4. The second kappa shape index (κ2) is 33.4. The van der Waals surface area contributed by atoms with Crippen LogP contribution in [0.15, 0.2) is 188 Å². The summed E-state index contributed by atoms with van der Waals surface area (Å²) >= 11 is 0. The van der Waals surface area contributed by atoms with E-state index in [1.807, 2.05) is 0 Å². The Bertz CT molecular complexity index is 6540. The van der Waals surface area contributed by atoms with Crippen LogP contribution in [0.2, 0.25) is 0 Å². The van der Waals surface area contributed by atoms with E-state index in [1.54, 1.807) is 0 Å². The normalized spacial score (nSPS) is 15.3. The maximum absolute atomic E-state index is 6.43. The Morgan fingerprint density at radius 1 is 0.325 bits per heavy atom. The molecule has 616 valence electrons. The number of aryl methyl sites for hydroxylation is 8. The van der Waals surface area contributed by atoms with Gasteiger partial charge in [-0.15, -0.1) is 0 Å². The first-order valence-corrected chi connectivity index (χ1v) is 45.0. The van der Waals surface area contributed by atoms with E-state index in [1.165, 1.54) is 192 Å². The minimum absolute atomic E-state index is 0.00553. The van der Waals surface area contributed by atoms with E-state index in [2.05, 4.69) is 314 Å². The first-order chi connectivity index (χ1) is 57.7. The van der Waals surface area contributed by atoms with Crippen molar-refractivity contribution in [3.8, 4) is 45.0 Å². The zero-order chi connectivity index (χ0) is 83.7. The molecule has 4 aliphatic carbocycles. The lowest BCUT2D eigenvalue weighted by molar-refractivity contribution is -0.661. The maximum atomic E-state index is 6.43. The van der Waals surface area contributed by atoms with E-state index in [0.717, 1.165) is 136 Å². The minimum atomic E-state index is -0.00553. The van der Waals surface area contributed by atoms with Crippen LogP contribution in [-0.2, 0) is 46.4 Å². The lowest BCUT2D eigenvalue weighted by Crippen LogP contribution is -2.31. The Balaban J connectivity index is 0.000000114. The summed E-state index contributed by atoms with van der Waals surface area (Å²) in [5, 5.41) is 8.95. The number of furan rings is 4. The number of benzene rings is 4. The Morgan fingerprint density at radius 3 is 0.908 bits per heavy atom. The van der Waals surface area contributed by atoms with Gasteiger partial charge in [-0.25, -0.2) is 38.2 Å². The fraction of sp³-hybridized carbons (Fsp3) is 0.407. The van der Waals surface area contributed by atoms with Crippen molar-refractivity contribution in [1.82, 2.24) is 19.9 Å². The molecular weight excluding hydrogens is 1470 g/mol. The van der Waals surface area contributed by atoms with Crippen molar-refractivity contribution >= 4 is 88.3 Å². The highest BCUT2D eigenvalue weighted by Crippen LogP contribution is 2.45. The van der Waals surface area contributed by atoms with E-state index < -0.39 is 0 Å². The summed E-state index contributed by atoms with van der Waals surface area (Å²) < 4.78 is 34.7. The van der Waals surface area contributed by atoms with Crippen molar-refractivity contribution in [3.63, 3.8) is 0 Å². The van der Waals surface area contributed by atoms with Gasteiger partial charge in [0, 0.05) is 118 Å². The van der Waals surface area contributed by atoms with Crippen LogP contribution in [0, 0.1) is 39.0 Å². The van der Waals surface area contributed by atoms with Crippen LogP contribution in [0.5, 0.6) is 0 Å². The summed E-state index contributed by atoms with van der Waals surface area (Å²) in [6, 6.07) is 53.1. The molecule has 0 unspecified atom stereocenters. The van der Waals surface area contributed by atoms with Crippen LogP contribution in [0.3, 0.4) is 0 Å². The fourth-order valence-electron chi connectivity index (χ4n) is 20.1. The fourth-order valence-corrected chi connectivity index (χ4v) is 20.1. The molecule has 4 aliphatic rings. The number of nitrogens with zero attached hydrogens (tertiary/aromatic N) is 8. The van der Waals surface area contributed by atoms with Gasteiger partial charge in [-0.2, -0.15) is 0 Å². The number of pyridine rings is 8. The highest BCUT2D eigenvalue weighted by Gasteiger charge is 2.32. The topological polar surface area (TPSA) is 120 Å². The van der Waals surface area contributed by atoms with E-state index in [4.69, 9.17) is 37.6 Å². The number of fused-ring (bicyclic) bond motifs is 12. The van der Waals surface area contributed by atoms with Crippen LogP contribution >= 0.6 is 0 Å². The summed E-state index contributed by atoms with van der Waals surface area (Å²) in [4.78, 5) is 19.4. The predicted molar refractivity (Wildman–Crippen MR) is 491 cm³/mol. The van der Waals surface area contributed by atoms with E-state index >= 15 is 0 Å². The quantitative estimate of drug-likeness (QED) is 0.111. The molecule has 0 saturated heterocycles. The van der Waals surface area contributed by atoms with Gasteiger partial charge in [-0.1, -0.05) is 169 Å². The van der Waals surface area contributed by atoms with Gasteiger partial charge < -0.3 is 17.7 Å². The average molecular weight is 1600 g/mol. The predicted octanol–water partition coefficient (Wildman–Crippen LogP) is 27.0. The van der Waals surface area contributed by atoms with Crippen molar-refractivity contribution in [2.45, 2.75) is 248 Å². The van der Waals surface area contributed by atoms with Crippen molar-refractivity contribution in [1.29, 1.82) is 0 Å². The van der Waals surface area contributed by atoms with Crippen molar-refractivity contribution in [2.75, 3.05) is 0 Å². The monoisotopic (exact) mass is 1600 g/mol. The number of rotatable bonds is 12. The van der Waals surface area contributed by atoms with E-state index in [-0.39, 0.29) is 10.8 Å². The third-order valence-corrected chi connectivity index (χ3v) is 26.6. The van der Waals surface area contributed by atoms with Crippen LogP contribution in [0.1, 0.15) is 269 Å². The molecule has 0 atom stereocenters. The van der Waals surface area contributed by atoms with Crippen LogP contribution in [0.4, 0.5) is 0 Å². The highest BCUT2D eigenvalue weighted by molar-refractivity contribution is 6.12. The molecule has 0 N–H and O–H groups in total. The summed E-state index contributed by atoms with van der Waals surface area (Å²) in [6.45, 7) is 30.7. The molecule has 4 fully saturated rings. The molecule has 12 nitrogen and oxygen atoms in total. The smallest absolute Gasteiger partial charge is 0.227 e. The summed E-state index contributed by atoms with van der Waals surface area (Å²) in [5.74, 6) is 3.83. The molecule has 12 heteroatoms. The second-order valence-corrected chi connectivity index (χ2v) is 38.9. The first-order valence-electron chi connectivity index (χ1n) is 45.0. The Hall–Kier alpha value is -10.7. The lowest BCUT2D eigenvalue weighted by Gasteiger charge is -2.16. The molecule has 20 rings (SSSR count). The van der Waals surface area contributed by atoms with Crippen LogP contribution in [0.25, 0.3) is 133 Å². The standard InChI is InChI=1S/C28H33N2O.2C27H31N2O.C26H29N2O/c1-18-10-13-22-23-14-12-21(16-28(2,3)4)29-27(23)31-26(22)25(18)24-15-11-20(17-30(24)5)19-8-6-7-9-19;1-17-10-12-20-21-13-15-23(27(2,3)4)28-26(21)30-25(20)24(17)22-14-11-19(16-29(22)5)18-8-6-7-9-18;1-17(2)15-21-11-13-23-22-12-9-18(3)25(26(22)30-27(23)28-21)24-14-10-20(16-29(24)4)19-7-5-6-8-19;1-16(2)22-13-12-21-20-11-9-17(3)24(25(20)29-26(21)27-22)23-14-10-19(15-28(23)4)18-7-5-6-8-18/h10-15,17,19H,6-9,16H2,1-5H3;10-16,18H,6-9H2,1-5H3;9-14,16-17,19H,5-8,15H2,1-4H3;9-16,18H,5-8H2,1-4H3/q4*+1. The third-order valence-electron chi connectivity index (χ3n) is 26.6. The maximum Gasteiger partial charge on any atom is 0.227 e. The molecule has 12 heterocycles. The summed E-state index contributed by atoms with van der Waals surface area (Å²) in [5.41, 5.74) is 31.5. The van der Waals surface area contributed by atoms with Gasteiger partial charge in [-0.05, 0) is 228 Å². The zero-order valence-electron chi connectivity index (χ0n) is 74.6. The second-order valence-electron chi connectivity index (χ2n) is 38.9. The lowest BCUT2D eigenvalue weighted by atomic mass is 9.90. The molecular formula is C108H124N8O4+4. The molecule has 0 radical (unpaired) electrons. The molecule has 0 spiro atoms. The van der Waals surface area contributed by atoms with Crippen molar-refractivity contribution in [2.24, 2.45) is 39.5 Å². The van der Waals surface area contributed by atoms with Crippen molar-refractivity contribution < 1.29 is 35.9 Å². The Labute approximate surface area is 709 Å². The summed E-state index contributed by atoms with van der Waals surface area (Å²) in [6.07, 6.45) is 32.6. The van der Waals surface area contributed by atoms with E-state index in [9.17, 15) is 0 Å².